The van der Waals surface area contributed by atoms with E-state index in [9.17, 15) is 24.0 Å². The van der Waals surface area contributed by atoms with Gasteiger partial charge in [0.05, 0.1) is 58.5 Å². The first-order chi connectivity index (χ1) is 17.1. The highest BCUT2D eigenvalue weighted by Crippen LogP contribution is 2.47. The minimum Gasteiger partial charge on any atom is -0.388 e. The van der Waals surface area contributed by atoms with E-state index in [1.165, 1.54) is 0 Å². The van der Waals surface area contributed by atoms with Crippen LogP contribution in [0.2, 0.25) is 0 Å². The fraction of sp³-hybridized carbons (Fsp3) is 1.00. The maximum Gasteiger partial charge on any atom is 0.330 e. The van der Waals surface area contributed by atoms with Gasteiger partial charge in [0, 0.05) is 18.8 Å². The number of hydrogen-bond acceptors (Lipinski definition) is 8. The molecule has 13 heteroatoms. The Kier molecular flexibility index (Phi) is 22.0. The Labute approximate surface area is 217 Å². The monoisotopic (exact) mass is 563 g/mol. The molecule has 0 aliphatic carbocycles. The molecule has 0 aliphatic heterocycles. The summed E-state index contributed by atoms with van der Waals surface area (Å²) >= 11 is 0. The van der Waals surface area contributed by atoms with Crippen LogP contribution in [-0.4, -0.2) is 98.3 Å². The lowest BCUT2D eigenvalue weighted by molar-refractivity contribution is -0.0251. The summed E-state index contributed by atoms with van der Waals surface area (Å²) in [6, 6.07) is 0. The van der Waals surface area contributed by atoms with Crippen LogP contribution in [0.3, 0.4) is 0 Å². The molecule has 11 nitrogen and oxygen atoms in total. The third-order valence-corrected chi connectivity index (χ3v) is 9.35. The lowest BCUT2D eigenvalue weighted by Gasteiger charge is -2.23. The Morgan fingerprint density at radius 1 is 0.750 bits per heavy atom. The fourth-order valence-electron chi connectivity index (χ4n) is 3.08. The van der Waals surface area contributed by atoms with Crippen LogP contribution in [0.1, 0.15) is 66.2 Å². The van der Waals surface area contributed by atoms with Gasteiger partial charge in [-0.2, -0.15) is 0 Å². The molecule has 0 saturated carbocycles. The van der Waals surface area contributed by atoms with Crippen molar-refractivity contribution >= 4 is 15.1 Å². The highest BCUT2D eigenvalue weighted by Gasteiger charge is 2.29. The van der Waals surface area contributed by atoms with Crippen molar-refractivity contribution < 1.29 is 47.5 Å². The lowest BCUT2D eigenvalue weighted by atomic mass is 10.1. The summed E-state index contributed by atoms with van der Waals surface area (Å²) in [4.78, 5) is 19.9. The number of rotatable bonds is 26. The SMILES string of the molecule is CCCCC(CCC)P(=O)(O)NCCCOCCOCCOCCOCC(O)COP(=O)(O)C(C)C. The van der Waals surface area contributed by atoms with Crippen LogP contribution in [0.4, 0.5) is 0 Å². The summed E-state index contributed by atoms with van der Waals surface area (Å²) in [5.41, 5.74) is -0.697. The molecule has 0 aromatic rings. The molecule has 0 bridgehead atoms. The van der Waals surface area contributed by atoms with Crippen LogP contribution < -0.4 is 5.09 Å². The molecule has 4 N–H and O–H groups in total. The molecule has 4 unspecified atom stereocenters. The summed E-state index contributed by atoms with van der Waals surface area (Å²) in [5, 5.41) is 12.6. The largest absolute Gasteiger partial charge is 0.388 e. The van der Waals surface area contributed by atoms with Gasteiger partial charge in [0.2, 0.25) is 0 Å². The summed E-state index contributed by atoms with van der Waals surface area (Å²) in [7, 11) is -7.03. The minimum absolute atomic E-state index is 0.0150. The van der Waals surface area contributed by atoms with E-state index in [-0.39, 0.29) is 25.5 Å². The van der Waals surface area contributed by atoms with E-state index >= 15 is 0 Å². The quantitative estimate of drug-likeness (QED) is 0.0903. The van der Waals surface area contributed by atoms with Gasteiger partial charge in [0.1, 0.15) is 6.10 Å². The van der Waals surface area contributed by atoms with Gasteiger partial charge in [-0.15, -0.1) is 0 Å². The Balaban J connectivity index is 3.55. The highest BCUT2D eigenvalue weighted by molar-refractivity contribution is 7.56. The van der Waals surface area contributed by atoms with Crippen molar-refractivity contribution in [3.05, 3.63) is 0 Å². The average Bonchev–Trinajstić information content (AvgIpc) is 2.82. The molecular formula is C23H51NO10P2. The van der Waals surface area contributed by atoms with E-state index in [1.54, 1.807) is 13.8 Å². The molecule has 0 amide bonds. The number of ether oxygens (including phenoxy) is 4. The molecular weight excluding hydrogens is 512 g/mol. The molecule has 0 heterocycles. The minimum atomic E-state index is -3.69. The second kappa shape index (κ2) is 22.0. The second-order valence-corrected chi connectivity index (χ2v) is 13.7. The van der Waals surface area contributed by atoms with Crippen molar-refractivity contribution in [3.63, 3.8) is 0 Å². The number of unbranched alkanes of at least 4 members (excludes halogenated alkanes) is 1. The van der Waals surface area contributed by atoms with Crippen LogP contribution >= 0.6 is 15.1 Å². The predicted molar refractivity (Wildman–Crippen MR) is 141 cm³/mol. The van der Waals surface area contributed by atoms with Crippen molar-refractivity contribution in [2.45, 2.75) is 83.6 Å². The van der Waals surface area contributed by atoms with Crippen LogP contribution in [0.5, 0.6) is 0 Å². The van der Waals surface area contributed by atoms with Gasteiger partial charge in [0.25, 0.3) is 7.52 Å². The topological polar surface area (TPSA) is 153 Å². The Bertz CT molecular complexity index is 611. The van der Waals surface area contributed by atoms with Crippen molar-refractivity contribution in [3.8, 4) is 0 Å². The van der Waals surface area contributed by atoms with Gasteiger partial charge in [-0.05, 0) is 19.3 Å². The molecule has 218 valence electrons. The first-order valence-electron chi connectivity index (χ1n) is 13.1. The maximum absolute atomic E-state index is 12.6. The zero-order chi connectivity index (χ0) is 27.3. The molecule has 0 spiro atoms. The van der Waals surface area contributed by atoms with E-state index in [2.05, 4.69) is 12.0 Å². The number of aliphatic hydroxyl groups is 1. The first kappa shape index (κ1) is 36.1. The van der Waals surface area contributed by atoms with Gasteiger partial charge >= 0.3 is 7.60 Å². The average molecular weight is 564 g/mol. The van der Waals surface area contributed by atoms with Gasteiger partial charge in [-0.3, -0.25) is 9.13 Å². The normalized spacial score (nSPS) is 17.1. The smallest absolute Gasteiger partial charge is 0.330 e. The van der Waals surface area contributed by atoms with Crippen molar-refractivity contribution in [1.29, 1.82) is 0 Å². The van der Waals surface area contributed by atoms with Crippen molar-refractivity contribution in [2.24, 2.45) is 0 Å². The number of nitrogens with one attached hydrogen (secondary N) is 1. The summed E-state index contributed by atoms with van der Waals surface area (Å²) in [5.74, 6) is 0. The fourth-order valence-corrected chi connectivity index (χ4v) is 5.64. The summed E-state index contributed by atoms with van der Waals surface area (Å²) in [6.07, 6.45) is 4.10. The maximum atomic E-state index is 12.6. The van der Waals surface area contributed by atoms with Gasteiger partial charge < -0.3 is 38.4 Å². The van der Waals surface area contributed by atoms with E-state index in [4.69, 9.17) is 23.5 Å². The first-order valence-corrected chi connectivity index (χ1v) is 16.5. The molecule has 4 atom stereocenters. The lowest BCUT2D eigenvalue weighted by Crippen LogP contribution is -2.23. The third kappa shape index (κ3) is 19.2. The Hall–Kier alpha value is 0.1000. The van der Waals surface area contributed by atoms with Gasteiger partial charge in [0.15, 0.2) is 0 Å². The van der Waals surface area contributed by atoms with E-state index < -0.39 is 26.9 Å². The standard InChI is InChI=1S/C23H51NO10P2/c1-5-7-10-23(9-6-2)35(26,27)24-11-8-12-30-13-14-31-15-16-32-17-18-33-19-22(25)20-34-36(28,29)21(3)4/h21-23,25H,5-20H2,1-4H3,(H,28,29)(H2,24,26,27). The van der Waals surface area contributed by atoms with Gasteiger partial charge in [-0.25, -0.2) is 5.09 Å². The number of aliphatic hydroxyl groups excluding tert-OH is 1. The molecule has 0 fully saturated rings. The second-order valence-electron chi connectivity index (χ2n) is 8.99. The molecule has 0 saturated heterocycles. The Morgan fingerprint density at radius 2 is 1.31 bits per heavy atom. The van der Waals surface area contributed by atoms with Crippen LogP contribution in [-0.2, 0) is 32.6 Å². The van der Waals surface area contributed by atoms with E-state index in [0.717, 1.165) is 32.1 Å². The zero-order valence-corrected chi connectivity index (χ0v) is 24.4. The molecule has 36 heavy (non-hydrogen) atoms. The van der Waals surface area contributed by atoms with E-state index in [1.807, 2.05) is 6.92 Å². The summed E-state index contributed by atoms with van der Waals surface area (Å²) in [6.45, 7) is 10.2. The van der Waals surface area contributed by atoms with Gasteiger partial charge in [-0.1, -0.05) is 47.0 Å². The van der Waals surface area contributed by atoms with E-state index in [0.29, 0.717) is 52.6 Å². The zero-order valence-electron chi connectivity index (χ0n) is 22.6. The molecule has 0 aliphatic rings. The predicted octanol–water partition coefficient (Wildman–Crippen LogP) is 3.55. The molecule has 0 aromatic carbocycles. The van der Waals surface area contributed by atoms with Crippen LogP contribution in [0.25, 0.3) is 0 Å². The Morgan fingerprint density at radius 3 is 1.83 bits per heavy atom. The van der Waals surface area contributed by atoms with Crippen molar-refractivity contribution in [1.82, 2.24) is 5.09 Å². The highest BCUT2D eigenvalue weighted by atomic mass is 31.2. The van der Waals surface area contributed by atoms with Crippen LogP contribution in [0.15, 0.2) is 0 Å². The summed E-state index contributed by atoms with van der Waals surface area (Å²) < 4.78 is 50.6. The molecule has 0 rings (SSSR count). The molecule has 0 radical (unpaired) electrons. The number of hydrogen-bond donors (Lipinski definition) is 4. The third-order valence-electron chi connectivity index (χ3n) is 5.34. The molecule has 0 aromatic heterocycles. The van der Waals surface area contributed by atoms with Crippen molar-refractivity contribution in [2.75, 3.05) is 66.0 Å². The van der Waals surface area contributed by atoms with Crippen LogP contribution in [0, 0.1) is 0 Å².